The molecule has 1 aliphatic rings. The van der Waals surface area contributed by atoms with Crippen molar-refractivity contribution in [1.82, 2.24) is 4.90 Å². The maximum atomic E-state index is 14.1. The molecule has 4 aromatic carbocycles. The summed E-state index contributed by atoms with van der Waals surface area (Å²) >= 11 is 0. The van der Waals surface area contributed by atoms with Crippen LogP contribution in [0, 0.1) is 6.92 Å². The third-order valence-corrected chi connectivity index (χ3v) is 7.36. The van der Waals surface area contributed by atoms with Crippen molar-refractivity contribution in [2.24, 2.45) is 0 Å². The summed E-state index contributed by atoms with van der Waals surface area (Å²) in [6, 6.07) is 24.4. The average Bonchev–Trinajstić information content (AvgIpc) is 3.04. The van der Waals surface area contributed by atoms with Gasteiger partial charge in [0.2, 0.25) is 5.75 Å². The Morgan fingerprint density at radius 3 is 2.21 bits per heavy atom. The molecule has 9 heteroatoms. The van der Waals surface area contributed by atoms with E-state index in [1.807, 2.05) is 67.6 Å². The van der Waals surface area contributed by atoms with Gasteiger partial charge in [0.1, 0.15) is 23.2 Å². The van der Waals surface area contributed by atoms with Crippen LogP contribution in [-0.4, -0.2) is 51.8 Å². The minimum atomic E-state index is -0.519. The minimum Gasteiger partial charge on any atom is -0.493 e. The first-order chi connectivity index (χ1) is 20.9. The molecule has 4 aromatic rings. The van der Waals surface area contributed by atoms with Crippen molar-refractivity contribution in [3.05, 3.63) is 107 Å². The summed E-state index contributed by atoms with van der Waals surface area (Å²) in [5, 5.41) is 3.53. The fourth-order valence-electron chi connectivity index (χ4n) is 5.18. The molecule has 0 radical (unpaired) electrons. The Morgan fingerprint density at radius 1 is 0.837 bits per heavy atom. The maximum Gasteiger partial charge on any atom is 0.341 e. The average molecular weight is 583 g/mol. The number of carbonyl (C=O) groups is 2. The third-order valence-electron chi connectivity index (χ3n) is 7.36. The zero-order valence-corrected chi connectivity index (χ0v) is 24.8. The predicted octanol–water partition coefficient (Wildman–Crippen LogP) is 6.41. The molecule has 1 N–H and O–H groups in total. The van der Waals surface area contributed by atoms with Gasteiger partial charge in [-0.3, -0.25) is 4.79 Å². The summed E-state index contributed by atoms with van der Waals surface area (Å²) in [5.74, 6) is 1.45. The first-order valence-corrected chi connectivity index (χ1v) is 13.8. The van der Waals surface area contributed by atoms with Crippen LogP contribution in [0.2, 0.25) is 0 Å². The van der Waals surface area contributed by atoms with Gasteiger partial charge >= 0.3 is 5.97 Å². The van der Waals surface area contributed by atoms with E-state index < -0.39 is 12.1 Å². The van der Waals surface area contributed by atoms with E-state index in [4.69, 9.17) is 23.7 Å². The van der Waals surface area contributed by atoms with Crippen LogP contribution in [0.25, 0.3) is 0 Å². The zero-order valence-electron chi connectivity index (χ0n) is 24.8. The van der Waals surface area contributed by atoms with E-state index in [9.17, 15) is 9.59 Å². The SMILES string of the molecule is COC(=O)c1ccc(C)cc1Oc1ccc(C2Nc3c(cc(OC)c(OC)c3OC)C(=O)N2CCc2ccccc2)cc1. The van der Waals surface area contributed by atoms with E-state index in [1.165, 1.54) is 28.4 Å². The number of methoxy groups -OCH3 is 4. The lowest BCUT2D eigenvalue weighted by atomic mass is 10.0. The van der Waals surface area contributed by atoms with E-state index in [0.29, 0.717) is 58.5 Å². The van der Waals surface area contributed by atoms with Gasteiger partial charge in [-0.25, -0.2) is 4.79 Å². The number of nitrogens with zero attached hydrogens (tertiary/aromatic N) is 1. The number of nitrogens with one attached hydrogen (secondary N) is 1. The molecule has 0 aliphatic carbocycles. The number of ether oxygens (including phenoxy) is 5. The van der Waals surface area contributed by atoms with Crippen molar-refractivity contribution in [3.8, 4) is 28.7 Å². The number of fused-ring (bicyclic) bond motifs is 1. The van der Waals surface area contributed by atoms with Crippen LogP contribution in [0.4, 0.5) is 5.69 Å². The normalized spacial score (nSPS) is 13.9. The van der Waals surface area contributed by atoms with Crippen molar-refractivity contribution in [2.75, 3.05) is 40.3 Å². The summed E-state index contributed by atoms with van der Waals surface area (Å²) in [4.78, 5) is 28.2. The Labute approximate surface area is 250 Å². The molecule has 0 spiro atoms. The second-order valence-corrected chi connectivity index (χ2v) is 10.0. The fourth-order valence-corrected chi connectivity index (χ4v) is 5.18. The highest BCUT2D eigenvalue weighted by molar-refractivity contribution is 6.04. The molecule has 0 aromatic heterocycles. The van der Waals surface area contributed by atoms with Gasteiger partial charge in [-0.05, 0) is 60.4 Å². The number of esters is 1. The molecule has 9 nitrogen and oxygen atoms in total. The van der Waals surface area contributed by atoms with Crippen molar-refractivity contribution < 1.29 is 33.3 Å². The largest absolute Gasteiger partial charge is 0.493 e. The lowest BCUT2D eigenvalue weighted by molar-refractivity contribution is 0.0597. The highest BCUT2D eigenvalue weighted by Crippen LogP contribution is 2.49. The first kappa shape index (κ1) is 29.3. The minimum absolute atomic E-state index is 0.170. The van der Waals surface area contributed by atoms with Gasteiger partial charge in [-0.1, -0.05) is 48.5 Å². The number of hydrogen-bond acceptors (Lipinski definition) is 8. The lowest BCUT2D eigenvalue weighted by Gasteiger charge is -2.39. The van der Waals surface area contributed by atoms with Crippen molar-refractivity contribution >= 4 is 17.6 Å². The van der Waals surface area contributed by atoms with Crippen molar-refractivity contribution in [3.63, 3.8) is 0 Å². The van der Waals surface area contributed by atoms with Gasteiger partial charge in [0.15, 0.2) is 11.5 Å². The Bertz CT molecular complexity index is 1620. The van der Waals surface area contributed by atoms with E-state index in [-0.39, 0.29) is 5.91 Å². The Hall–Kier alpha value is -5.18. The predicted molar refractivity (Wildman–Crippen MR) is 163 cm³/mol. The molecule has 5 rings (SSSR count). The van der Waals surface area contributed by atoms with Gasteiger partial charge in [-0.2, -0.15) is 0 Å². The molecule has 0 bridgehead atoms. The highest BCUT2D eigenvalue weighted by atomic mass is 16.5. The summed E-state index contributed by atoms with van der Waals surface area (Å²) in [7, 11) is 5.91. The van der Waals surface area contributed by atoms with Crippen LogP contribution in [0.15, 0.2) is 78.9 Å². The van der Waals surface area contributed by atoms with Crippen LogP contribution < -0.4 is 24.3 Å². The monoisotopic (exact) mass is 582 g/mol. The van der Waals surface area contributed by atoms with E-state index in [0.717, 1.165) is 16.7 Å². The Morgan fingerprint density at radius 2 is 1.56 bits per heavy atom. The smallest absolute Gasteiger partial charge is 0.341 e. The molecule has 0 saturated heterocycles. The van der Waals surface area contributed by atoms with Gasteiger partial charge in [0.25, 0.3) is 5.91 Å². The molecule has 1 amide bonds. The Balaban J connectivity index is 1.51. The van der Waals surface area contributed by atoms with Crippen LogP contribution in [0.1, 0.15) is 43.6 Å². The molecular weight excluding hydrogens is 548 g/mol. The van der Waals surface area contributed by atoms with Gasteiger partial charge in [-0.15, -0.1) is 0 Å². The van der Waals surface area contributed by atoms with Crippen LogP contribution in [-0.2, 0) is 11.2 Å². The second-order valence-electron chi connectivity index (χ2n) is 10.0. The zero-order chi connectivity index (χ0) is 30.5. The third kappa shape index (κ3) is 5.92. The standard InChI is InChI=1S/C34H34N2O7/c1-21-11-16-25(34(38)42-5)27(19-21)43-24-14-12-23(13-15-24)32-35-29-26(20-28(39-2)30(40-3)31(29)41-4)33(37)36(32)18-17-22-9-7-6-8-10-22/h6-16,19-20,32,35H,17-18H2,1-5H3. The molecule has 0 saturated carbocycles. The van der Waals surface area contributed by atoms with E-state index in [1.54, 1.807) is 23.1 Å². The second kappa shape index (κ2) is 12.8. The molecule has 43 heavy (non-hydrogen) atoms. The fraction of sp³-hybridized carbons (Fsp3) is 0.235. The molecule has 1 atom stereocenters. The number of benzene rings is 4. The summed E-state index contributed by atoms with van der Waals surface area (Å²) in [6.07, 6.45) is 0.143. The van der Waals surface area contributed by atoms with Crippen LogP contribution >= 0.6 is 0 Å². The molecular formula is C34H34N2O7. The summed E-state index contributed by atoms with van der Waals surface area (Å²) in [6.45, 7) is 2.38. The molecule has 1 unspecified atom stereocenters. The number of rotatable bonds is 10. The number of hydrogen-bond donors (Lipinski definition) is 1. The van der Waals surface area contributed by atoms with Crippen molar-refractivity contribution in [2.45, 2.75) is 19.5 Å². The number of carbonyl (C=O) groups excluding carboxylic acids is 2. The van der Waals surface area contributed by atoms with E-state index >= 15 is 0 Å². The molecule has 0 fully saturated rings. The molecule has 222 valence electrons. The van der Waals surface area contributed by atoms with Gasteiger partial charge < -0.3 is 33.9 Å². The van der Waals surface area contributed by atoms with Gasteiger partial charge in [0, 0.05) is 6.54 Å². The number of amides is 1. The van der Waals surface area contributed by atoms with Crippen LogP contribution in [0.3, 0.4) is 0 Å². The summed E-state index contributed by atoms with van der Waals surface area (Å²) < 4.78 is 27.8. The van der Waals surface area contributed by atoms with E-state index in [2.05, 4.69) is 5.32 Å². The summed E-state index contributed by atoms with van der Waals surface area (Å²) in [5.41, 5.74) is 4.17. The van der Waals surface area contributed by atoms with Crippen molar-refractivity contribution in [1.29, 1.82) is 0 Å². The number of anilines is 1. The quantitative estimate of drug-likeness (QED) is 0.215. The lowest BCUT2D eigenvalue weighted by Crippen LogP contribution is -2.44. The Kier molecular flexibility index (Phi) is 8.71. The molecule has 1 heterocycles. The maximum absolute atomic E-state index is 14.1. The topological polar surface area (TPSA) is 95.6 Å². The first-order valence-electron chi connectivity index (χ1n) is 13.8. The van der Waals surface area contributed by atoms with Gasteiger partial charge in [0.05, 0.1) is 39.7 Å². The van der Waals surface area contributed by atoms with Crippen LogP contribution in [0.5, 0.6) is 28.7 Å². The number of aryl methyl sites for hydroxylation is 1. The molecule has 1 aliphatic heterocycles. The highest BCUT2D eigenvalue weighted by Gasteiger charge is 2.37.